The summed E-state index contributed by atoms with van der Waals surface area (Å²) in [7, 11) is 0. The van der Waals surface area contributed by atoms with Gasteiger partial charge in [0.25, 0.3) is 0 Å². The molecule has 0 bridgehead atoms. The van der Waals surface area contributed by atoms with Crippen LogP contribution in [0.25, 0.3) is 0 Å². The van der Waals surface area contributed by atoms with E-state index in [1.54, 1.807) is 0 Å². The van der Waals surface area contributed by atoms with Gasteiger partial charge in [-0.1, -0.05) is 60.1 Å². The summed E-state index contributed by atoms with van der Waals surface area (Å²) in [6.45, 7) is 0. The molecule has 0 atom stereocenters. The standard InChI is InChI=1S/C19H16/c1(2-6-12-18-14-8-4-9-15-18)3-7-13-19-16-10-5-11-17-19/h4-5,8-11,14-17H,1-3H2. The lowest BCUT2D eigenvalue weighted by molar-refractivity contribution is 0.903. The molecule has 0 heteroatoms. The lowest BCUT2D eigenvalue weighted by Gasteiger charge is -1.88. The van der Waals surface area contributed by atoms with Crippen LogP contribution in [0, 0.1) is 23.7 Å². The van der Waals surface area contributed by atoms with Gasteiger partial charge in [-0.15, -0.1) is 0 Å². The first-order valence-corrected chi connectivity index (χ1v) is 6.53. The van der Waals surface area contributed by atoms with Gasteiger partial charge in [-0.3, -0.25) is 0 Å². The first kappa shape index (κ1) is 13.0. The number of unbranched alkanes of at least 4 members (excludes halogenated alkanes) is 2. The molecule has 2 aromatic carbocycles. The highest BCUT2D eigenvalue weighted by Gasteiger charge is 1.84. The molecule has 0 aliphatic rings. The molecule has 19 heavy (non-hydrogen) atoms. The quantitative estimate of drug-likeness (QED) is 0.547. The summed E-state index contributed by atoms with van der Waals surface area (Å²) < 4.78 is 0. The van der Waals surface area contributed by atoms with Crippen molar-refractivity contribution in [3.8, 4) is 23.7 Å². The van der Waals surface area contributed by atoms with Crippen molar-refractivity contribution >= 4 is 0 Å². The zero-order valence-electron chi connectivity index (χ0n) is 10.9. The van der Waals surface area contributed by atoms with Gasteiger partial charge in [0, 0.05) is 24.0 Å². The topological polar surface area (TPSA) is 0 Å². The molecule has 0 radical (unpaired) electrons. The fourth-order valence-electron chi connectivity index (χ4n) is 1.64. The van der Waals surface area contributed by atoms with Crippen LogP contribution in [-0.2, 0) is 0 Å². The third-order valence-corrected chi connectivity index (χ3v) is 2.62. The zero-order valence-corrected chi connectivity index (χ0v) is 10.9. The molecule has 0 aliphatic carbocycles. The zero-order chi connectivity index (χ0) is 13.2. The van der Waals surface area contributed by atoms with Crippen LogP contribution in [0.1, 0.15) is 30.4 Å². The second-order valence-electron chi connectivity index (χ2n) is 4.19. The summed E-state index contributed by atoms with van der Waals surface area (Å²) in [5, 5.41) is 0. The van der Waals surface area contributed by atoms with Crippen LogP contribution in [0.5, 0.6) is 0 Å². The minimum Gasteiger partial charge on any atom is -0.0979 e. The largest absolute Gasteiger partial charge is 0.0979 e. The van der Waals surface area contributed by atoms with Gasteiger partial charge in [0.15, 0.2) is 0 Å². The van der Waals surface area contributed by atoms with Gasteiger partial charge in [0.2, 0.25) is 0 Å². The Balaban J connectivity index is 1.71. The molecule has 0 amide bonds. The predicted molar refractivity (Wildman–Crippen MR) is 80.5 cm³/mol. The van der Waals surface area contributed by atoms with E-state index in [0.29, 0.717) is 0 Å². The van der Waals surface area contributed by atoms with Gasteiger partial charge in [-0.05, 0) is 30.7 Å². The van der Waals surface area contributed by atoms with E-state index >= 15 is 0 Å². The average molecular weight is 244 g/mol. The van der Waals surface area contributed by atoms with Gasteiger partial charge in [0.05, 0.1) is 0 Å². The van der Waals surface area contributed by atoms with Crippen LogP contribution in [0.15, 0.2) is 60.7 Å². The lowest BCUT2D eigenvalue weighted by atomic mass is 10.2. The van der Waals surface area contributed by atoms with Gasteiger partial charge < -0.3 is 0 Å². The molecule has 2 rings (SSSR count). The third kappa shape index (κ3) is 5.15. The van der Waals surface area contributed by atoms with Gasteiger partial charge in [-0.25, -0.2) is 0 Å². The molecule has 0 aliphatic heterocycles. The molecular formula is C19H16. The van der Waals surface area contributed by atoms with E-state index in [4.69, 9.17) is 0 Å². The van der Waals surface area contributed by atoms with Crippen molar-refractivity contribution < 1.29 is 0 Å². The van der Waals surface area contributed by atoms with E-state index in [1.807, 2.05) is 60.7 Å². The highest BCUT2D eigenvalue weighted by atomic mass is 13.9. The minimum atomic E-state index is 0.901. The molecule has 0 saturated carbocycles. The summed E-state index contributed by atoms with van der Waals surface area (Å²) in [4.78, 5) is 0. The molecule has 2 aromatic rings. The van der Waals surface area contributed by atoms with E-state index < -0.39 is 0 Å². The van der Waals surface area contributed by atoms with E-state index in [-0.39, 0.29) is 0 Å². The molecule has 0 nitrogen and oxygen atoms in total. The Morgan fingerprint density at radius 1 is 0.579 bits per heavy atom. The first-order valence-electron chi connectivity index (χ1n) is 6.53. The monoisotopic (exact) mass is 244 g/mol. The Kier molecular flexibility index (Phi) is 5.34. The molecule has 92 valence electrons. The van der Waals surface area contributed by atoms with Crippen molar-refractivity contribution in [1.82, 2.24) is 0 Å². The van der Waals surface area contributed by atoms with E-state index in [0.717, 1.165) is 30.4 Å². The maximum absolute atomic E-state index is 3.18. The van der Waals surface area contributed by atoms with Gasteiger partial charge >= 0.3 is 0 Å². The van der Waals surface area contributed by atoms with E-state index in [1.165, 1.54) is 0 Å². The SMILES string of the molecule is C(#Cc1ccccc1)CCCC#Cc1ccccc1. The Labute approximate surface area is 115 Å². The van der Waals surface area contributed by atoms with E-state index in [9.17, 15) is 0 Å². The average Bonchev–Trinajstić information content (AvgIpc) is 2.48. The van der Waals surface area contributed by atoms with Crippen LogP contribution in [0.4, 0.5) is 0 Å². The summed E-state index contributed by atoms with van der Waals surface area (Å²) in [6, 6.07) is 20.2. The molecule has 0 fully saturated rings. The Bertz CT molecular complexity index is 544. The molecule has 0 unspecified atom stereocenters. The van der Waals surface area contributed by atoms with Crippen LogP contribution in [0.3, 0.4) is 0 Å². The fourth-order valence-corrected chi connectivity index (χ4v) is 1.64. The van der Waals surface area contributed by atoms with Gasteiger partial charge in [0.1, 0.15) is 0 Å². The van der Waals surface area contributed by atoms with Crippen molar-refractivity contribution in [3.63, 3.8) is 0 Å². The first-order chi connectivity index (χ1) is 9.45. The summed E-state index contributed by atoms with van der Waals surface area (Å²) >= 11 is 0. The van der Waals surface area contributed by atoms with Gasteiger partial charge in [-0.2, -0.15) is 0 Å². The van der Waals surface area contributed by atoms with E-state index in [2.05, 4.69) is 23.7 Å². The summed E-state index contributed by atoms with van der Waals surface area (Å²) in [6.07, 6.45) is 2.83. The predicted octanol–water partition coefficient (Wildman–Crippen LogP) is 4.26. The van der Waals surface area contributed by atoms with Crippen molar-refractivity contribution in [2.24, 2.45) is 0 Å². The molecule has 0 aromatic heterocycles. The van der Waals surface area contributed by atoms with Crippen LogP contribution >= 0.6 is 0 Å². The fraction of sp³-hybridized carbons (Fsp3) is 0.158. The van der Waals surface area contributed by atoms with Crippen LogP contribution in [0.2, 0.25) is 0 Å². The second-order valence-corrected chi connectivity index (χ2v) is 4.19. The third-order valence-electron chi connectivity index (χ3n) is 2.62. The smallest absolute Gasteiger partial charge is 0.0245 e. The normalized spacial score (nSPS) is 8.84. The molecule has 0 heterocycles. The minimum absolute atomic E-state index is 0.901. The van der Waals surface area contributed by atoms with Crippen molar-refractivity contribution in [2.45, 2.75) is 19.3 Å². The lowest BCUT2D eigenvalue weighted by Crippen LogP contribution is -1.74. The Hall–Kier alpha value is -2.44. The number of hydrogen-bond acceptors (Lipinski definition) is 0. The number of benzene rings is 2. The molecule has 0 saturated heterocycles. The second kappa shape index (κ2) is 7.80. The summed E-state index contributed by atoms with van der Waals surface area (Å²) in [5.74, 6) is 12.7. The highest BCUT2D eigenvalue weighted by Crippen LogP contribution is 1.98. The molecule has 0 N–H and O–H groups in total. The number of hydrogen-bond donors (Lipinski definition) is 0. The maximum Gasteiger partial charge on any atom is 0.0245 e. The van der Waals surface area contributed by atoms with Crippen molar-refractivity contribution in [1.29, 1.82) is 0 Å². The van der Waals surface area contributed by atoms with Crippen LogP contribution < -0.4 is 0 Å². The summed E-state index contributed by atoms with van der Waals surface area (Å²) in [5.41, 5.74) is 2.16. The maximum atomic E-state index is 3.18. The van der Waals surface area contributed by atoms with Crippen molar-refractivity contribution in [3.05, 3.63) is 71.8 Å². The Morgan fingerprint density at radius 3 is 1.42 bits per heavy atom. The van der Waals surface area contributed by atoms with Crippen LogP contribution in [-0.4, -0.2) is 0 Å². The van der Waals surface area contributed by atoms with Crippen molar-refractivity contribution in [2.75, 3.05) is 0 Å². The number of rotatable bonds is 2. The molecular weight excluding hydrogens is 228 g/mol. The molecule has 0 spiro atoms. The Morgan fingerprint density at radius 2 is 1.00 bits per heavy atom. The highest BCUT2D eigenvalue weighted by molar-refractivity contribution is 5.34.